The van der Waals surface area contributed by atoms with Gasteiger partial charge in [-0.1, -0.05) is 314 Å². The molecule has 6 N–H and O–H groups in total. The summed E-state index contributed by atoms with van der Waals surface area (Å²) in [5, 5.41) is 24.3. The topological polar surface area (TPSA) is 192 Å². The maximum Gasteiger partial charge on any atom is 0.328 e. The van der Waals surface area contributed by atoms with Crippen LogP contribution in [-0.4, -0.2) is 74.8 Å². The van der Waals surface area contributed by atoms with E-state index in [2.05, 4.69) is 13.8 Å². The smallest absolute Gasteiger partial charge is 0.328 e. The van der Waals surface area contributed by atoms with E-state index in [9.17, 15) is 39.4 Å². The predicted molar refractivity (Wildman–Crippen MR) is 372 cm³/mol. The Hall–Kier alpha value is -2.08. The van der Waals surface area contributed by atoms with Crippen LogP contribution in [0.5, 0.6) is 0 Å². The third kappa shape index (κ3) is 30.9. The summed E-state index contributed by atoms with van der Waals surface area (Å²) >= 11 is 0. The number of benzene rings is 2. The second kappa shape index (κ2) is 43.8. The summed E-state index contributed by atoms with van der Waals surface area (Å²) in [5.74, 6) is -0.577. The van der Waals surface area contributed by atoms with Gasteiger partial charge in [-0.3, -0.25) is 14.1 Å². The summed E-state index contributed by atoms with van der Waals surface area (Å²) < 4.78 is 24.3. The van der Waals surface area contributed by atoms with Gasteiger partial charge in [0.2, 0.25) is 0 Å². The zero-order chi connectivity index (χ0) is 66.6. The highest BCUT2D eigenvalue weighted by Gasteiger charge is 2.62. The molecule has 0 bridgehead atoms. The molecule has 0 aliphatic carbocycles. The highest BCUT2D eigenvalue weighted by molar-refractivity contribution is 7.39. The molecule has 0 saturated carbocycles. The molecule has 0 fully saturated rings. The molecule has 0 radical (unpaired) electrons. The minimum absolute atomic E-state index is 0.129. The number of aryl methyl sites for hydroxylation is 2. The third-order valence-electron chi connectivity index (χ3n) is 18.1. The number of aliphatic hydroxyl groups is 2. The van der Waals surface area contributed by atoms with Crippen molar-refractivity contribution in [3.8, 4) is 0 Å². The number of hydrogen-bond donors (Lipinski definition) is 6. The second-order valence-electron chi connectivity index (χ2n) is 30.3. The zero-order valence-corrected chi connectivity index (χ0v) is 61.1. The summed E-state index contributed by atoms with van der Waals surface area (Å²) in [6.07, 6.45) is 41.5. The van der Waals surface area contributed by atoms with Gasteiger partial charge in [0, 0.05) is 12.8 Å². The van der Waals surface area contributed by atoms with Crippen molar-refractivity contribution in [2.24, 2.45) is 5.41 Å². The first kappa shape index (κ1) is 83.0. The number of esters is 2. The largest absolute Gasteiger partial charge is 0.466 e. The standard InChI is InChI=1S/C75H134O12P2/c1-15-17-19-21-23-25-27-29-31-33-35-37-39-41-43-45-51-84-66(78)49-47-60-53-62(70(3,4)5)68(63(54-60)71(6,7)8)75(87-89(82)83,74(57-76,58-77)59-86-88(80)81)69-64(72(9,10)11)55-61(56-65(69)73(12,13)14)48-50-67(79)85-52-46-44-42-40-38-36-34-32-30-28-26-24-22-20-18-16-2/h53-56,76-77,80-83H,15-52,57-59H2,1-14H3. The Kier molecular flexibility index (Phi) is 40.9. The van der Waals surface area contributed by atoms with Crippen molar-refractivity contribution in [3.63, 3.8) is 0 Å². The monoisotopic (exact) mass is 1290 g/mol. The number of unbranched alkanes of at least 4 members (excludes halogenated alkanes) is 30. The van der Waals surface area contributed by atoms with Gasteiger partial charge in [-0.25, -0.2) is 0 Å². The fraction of sp³-hybridized carbons (Fsp3) is 0.813. The lowest BCUT2D eigenvalue weighted by molar-refractivity contribution is -0.144. The van der Waals surface area contributed by atoms with Gasteiger partial charge in [-0.15, -0.1) is 0 Å². The van der Waals surface area contributed by atoms with Gasteiger partial charge in [-0.05, 0) is 91.9 Å². The Balaban J connectivity index is 2.52. The molecule has 0 heterocycles. The van der Waals surface area contributed by atoms with Crippen LogP contribution in [0, 0.1) is 5.41 Å². The van der Waals surface area contributed by atoms with Crippen LogP contribution in [0.1, 0.15) is 360 Å². The third-order valence-corrected chi connectivity index (χ3v) is 18.9. The fourth-order valence-electron chi connectivity index (χ4n) is 12.7. The first-order chi connectivity index (χ1) is 42.1. The number of rotatable bonds is 50. The Morgan fingerprint density at radius 3 is 0.843 bits per heavy atom. The highest BCUT2D eigenvalue weighted by Crippen LogP contribution is 2.62. The summed E-state index contributed by atoms with van der Waals surface area (Å²) in [6.45, 7) is 27.3. The van der Waals surface area contributed by atoms with Crippen LogP contribution in [0.15, 0.2) is 24.3 Å². The Labute approximate surface area is 547 Å². The van der Waals surface area contributed by atoms with Crippen LogP contribution in [0.3, 0.4) is 0 Å². The van der Waals surface area contributed by atoms with E-state index in [1.165, 1.54) is 167 Å². The van der Waals surface area contributed by atoms with Crippen LogP contribution in [-0.2, 0) is 68.2 Å². The van der Waals surface area contributed by atoms with E-state index in [0.29, 0.717) is 59.4 Å². The molecule has 0 aromatic heterocycles. The van der Waals surface area contributed by atoms with Crippen molar-refractivity contribution in [3.05, 3.63) is 68.8 Å². The van der Waals surface area contributed by atoms with Crippen LogP contribution in [0.2, 0.25) is 0 Å². The molecule has 0 saturated heterocycles. The van der Waals surface area contributed by atoms with Gasteiger partial charge in [0.1, 0.15) is 5.60 Å². The number of hydrogen-bond acceptors (Lipinski definition) is 12. The molecule has 0 unspecified atom stereocenters. The minimum Gasteiger partial charge on any atom is -0.466 e. The molecule has 14 heteroatoms. The van der Waals surface area contributed by atoms with Crippen molar-refractivity contribution in [1.29, 1.82) is 0 Å². The van der Waals surface area contributed by atoms with E-state index in [1.807, 2.05) is 107 Å². The maximum absolute atomic E-state index is 13.5. The van der Waals surface area contributed by atoms with E-state index in [0.717, 1.165) is 49.7 Å². The molecule has 0 aliphatic heterocycles. The van der Waals surface area contributed by atoms with Crippen molar-refractivity contribution < 1.29 is 57.9 Å². The lowest BCUT2D eigenvalue weighted by atomic mass is 9.56. The van der Waals surface area contributed by atoms with Crippen molar-refractivity contribution >= 4 is 29.1 Å². The quantitative estimate of drug-likeness (QED) is 0.0209. The fourth-order valence-corrected chi connectivity index (χ4v) is 13.7. The minimum atomic E-state index is -3.33. The van der Waals surface area contributed by atoms with Crippen LogP contribution < -0.4 is 0 Å². The molecule has 516 valence electrons. The summed E-state index contributed by atoms with van der Waals surface area (Å²) in [5.41, 5.74) is -1.87. The van der Waals surface area contributed by atoms with Crippen molar-refractivity contribution in [2.45, 2.75) is 355 Å². The predicted octanol–water partition coefficient (Wildman–Crippen LogP) is 20.0. The number of ether oxygens (including phenoxy) is 2. The number of carbonyl (C=O) groups excluding carboxylic acids is 2. The lowest BCUT2D eigenvalue weighted by Crippen LogP contribution is -2.58. The van der Waals surface area contributed by atoms with Crippen LogP contribution in [0.25, 0.3) is 0 Å². The van der Waals surface area contributed by atoms with Gasteiger partial charge in [0.15, 0.2) is 0 Å². The normalized spacial score (nSPS) is 12.9. The SMILES string of the molecule is CCCCCCCCCCCCCCCCCCOC(=O)CCc1cc(C(C)(C)C)c(C(OP(O)O)(c2c(C(C)(C)C)cc(CCC(=O)OCCCCCCCCCCCCCCCCCC)cc2C(C)(C)C)C(CO)(CO)COP(O)O)c(C(C)(C)C)c1. The summed E-state index contributed by atoms with van der Waals surface area (Å²) in [4.78, 5) is 71.3. The van der Waals surface area contributed by atoms with Crippen LogP contribution in [0.4, 0.5) is 0 Å². The molecule has 2 rings (SSSR count). The molecule has 0 atom stereocenters. The Morgan fingerprint density at radius 2 is 0.629 bits per heavy atom. The number of carbonyl (C=O) groups is 2. The molecular formula is C75H134O12P2. The molecule has 0 aliphatic rings. The summed E-state index contributed by atoms with van der Waals surface area (Å²) in [7, 11) is -6.39. The molecule has 0 amide bonds. The van der Waals surface area contributed by atoms with Gasteiger partial charge in [0.25, 0.3) is 0 Å². The van der Waals surface area contributed by atoms with Crippen LogP contribution >= 0.6 is 17.2 Å². The molecule has 89 heavy (non-hydrogen) atoms. The molecule has 12 nitrogen and oxygen atoms in total. The van der Waals surface area contributed by atoms with Gasteiger partial charge >= 0.3 is 29.1 Å². The van der Waals surface area contributed by atoms with Crippen molar-refractivity contribution in [1.82, 2.24) is 0 Å². The highest BCUT2D eigenvalue weighted by atomic mass is 31.2. The molecular weight excluding hydrogens is 1150 g/mol. The lowest BCUT2D eigenvalue weighted by Gasteiger charge is -2.54. The average Bonchev–Trinajstić information content (AvgIpc) is 0.702. The molecule has 2 aromatic rings. The average molecular weight is 1290 g/mol. The van der Waals surface area contributed by atoms with E-state index >= 15 is 0 Å². The van der Waals surface area contributed by atoms with E-state index in [-0.39, 0.29) is 24.8 Å². The van der Waals surface area contributed by atoms with E-state index in [1.54, 1.807) is 0 Å². The molecule has 2 aromatic carbocycles. The maximum atomic E-state index is 13.5. The van der Waals surface area contributed by atoms with Crippen molar-refractivity contribution in [2.75, 3.05) is 33.0 Å². The first-order valence-electron chi connectivity index (χ1n) is 35.6. The zero-order valence-electron chi connectivity index (χ0n) is 59.3. The van der Waals surface area contributed by atoms with Gasteiger partial charge in [0.05, 0.1) is 38.4 Å². The van der Waals surface area contributed by atoms with E-state index < -0.39 is 69.7 Å². The van der Waals surface area contributed by atoms with Gasteiger partial charge in [-0.2, -0.15) is 0 Å². The van der Waals surface area contributed by atoms with Gasteiger partial charge < -0.3 is 43.8 Å². The second-order valence-corrected chi connectivity index (χ2v) is 31.8. The Bertz CT molecular complexity index is 2010. The van der Waals surface area contributed by atoms with E-state index in [4.69, 9.17) is 18.5 Å². The number of aliphatic hydroxyl groups excluding tert-OH is 2. The Morgan fingerprint density at radius 1 is 0.382 bits per heavy atom. The summed E-state index contributed by atoms with van der Waals surface area (Å²) in [6, 6.07) is 8.06. The molecule has 0 spiro atoms. The first-order valence-corrected chi connectivity index (χ1v) is 38.0.